The zero-order valence-electron chi connectivity index (χ0n) is 38.1. The molecule has 14 rings (SSSR count). The van der Waals surface area contributed by atoms with E-state index in [0.29, 0.717) is 0 Å². The summed E-state index contributed by atoms with van der Waals surface area (Å²) >= 11 is 0. The van der Waals surface area contributed by atoms with Gasteiger partial charge in [0.1, 0.15) is 22.8 Å². The van der Waals surface area contributed by atoms with Gasteiger partial charge in [0.15, 0.2) is 11.2 Å². The number of fused-ring (bicyclic) bond motifs is 14. The molecular weight excluding hydrogens is 833 g/mol. The molecule has 0 aliphatic heterocycles. The third kappa shape index (κ3) is 5.34. The molecule has 4 aromatic heterocycles. The van der Waals surface area contributed by atoms with Crippen LogP contribution in [0.3, 0.4) is 0 Å². The topological polar surface area (TPSA) is 58.5 Å². The van der Waals surface area contributed by atoms with Gasteiger partial charge in [0, 0.05) is 55.8 Å². The predicted octanol–water partition coefficient (Wildman–Crippen LogP) is 17.0. The first-order valence-electron chi connectivity index (χ1n) is 23.4. The largest absolute Gasteiger partial charge is 0.454 e. The van der Waals surface area contributed by atoms with Crippen LogP contribution >= 0.6 is 0 Å². The van der Waals surface area contributed by atoms with E-state index >= 15 is 0 Å². The summed E-state index contributed by atoms with van der Waals surface area (Å²) < 4.78 is 13.3. The lowest BCUT2D eigenvalue weighted by Crippen LogP contribution is -2.20. The normalized spacial score (nSPS) is 14.1. The summed E-state index contributed by atoms with van der Waals surface area (Å²) in [5.74, 6) is 1.65. The van der Waals surface area contributed by atoms with Crippen LogP contribution in [-0.2, 0) is 10.8 Å². The molecule has 6 nitrogen and oxygen atoms in total. The zero-order valence-corrected chi connectivity index (χ0v) is 38.1. The Labute approximate surface area is 393 Å². The van der Waals surface area contributed by atoms with Gasteiger partial charge in [0.05, 0.1) is 17.1 Å². The summed E-state index contributed by atoms with van der Waals surface area (Å²) in [7, 11) is 0. The maximum absolute atomic E-state index is 6.71. The Kier molecular flexibility index (Phi) is 7.99. The Bertz CT molecular complexity index is 4050. The van der Waals surface area contributed by atoms with E-state index in [1.807, 2.05) is 54.9 Å². The highest BCUT2D eigenvalue weighted by molar-refractivity contribution is 6.15. The molecule has 8 aromatic carbocycles. The fourth-order valence-corrected chi connectivity index (χ4v) is 11.7. The van der Waals surface area contributed by atoms with Crippen LogP contribution in [0, 0.1) is 0 Å². The third-order valence-corrected chi connectivity index (χ3v) is 14.9. The van der Waals surface area contributed by atoms with Crippen molar-refractivity contribution in [3.63, 3.8) is 0 Å². The molecule has 0 bridgehead atoms. The lowest BCUT2D eigenvalue weighted by Gasteiger charge is -2.29. The van der Waals surface area contributed by atoms with Crippen molar-refractivity contribution in [2.24, 2.45) is 0 Å². The Morgan fingerprint density at radius 2 is 0.882 bits per heavy atom. The second-order valence-electron chi connectivity index (χ2n) is 19.3. The lowest BCUT2D eigenvalue weighted by atomic mass is 9.77. The van der Waals surface area contributed by atoms with E-state index < -0.39 is 0 Å². The minimum atomic E-state index is -0.323. The fraction of sp³-hybridized carbons (Fsp3) is 0.0968. The van der Waals surface area contributed by atoms with Crippen LogP contribution in [0.25, 0.3) is 76.9 Å². The number of furan rings is 2. The van der Waals surface area contributed by atoms with Gasteiger partial charge >= 0.3 is 0 Å². The molecule has 2 aliphatic rings. The van der Waals surface area contributed by atoms with E-state index in [9.17, 15) is 0 Å². The number of para-hydroxylation sites is 4. The number of rotatable bonds is 6. The van der Waals surface area contributed by atoms with Crippen molar-refractivity contribution in [1.29, 1.82) is 0 Å². The fourth-order valence-electron chi connectivity index (χ4n) is 11.7. The molecule has 6 heteroatoms. The molecule has 68 heavy (non-hydrogen) atoms. The lowest BCUT2D eigenvalue weighted by molar-refractivity contribution is 0.639. The van der Waals surface area contributed by atoms with Crippen LogP contribution in [0.1, 0.15) is 49.9 Å². The molecule has 0 N–H and O–H groups in total. The van der Waals surface area contributed by atoms with Gasteiger partial charge in [0.2, 0.25) is 0 Å². The van der Waals surface area contributed by atoms with Gasteiger partial charge in [-0.15, -0.1) is 0 Å². The quantitative estimate of drug-likeness (QED) is 0.166. The van der Waals surface area contributed by atoms with E-state index in [-0.39, 0.29) is 10.8 Å². The number of hydrogen-bond acceptors (Lipinski definition) is 6. The van der Waals surface area contributed by atoms with Crippen LogP contribution < -0.4 is 9.80 Å². The molecule has 2 aliphatic carbocycles. The molecule has 0 saturated carbocycles. The Balaban J connectivity index is 0.949. The van der Waals surface area contributed by atoms with Gasteiger partial charge in [-0.25, -0.2) is 9.97 Å². The first kappa shape index (κ1) is 38.8. The second-order valence-corrected chi connectivity index (χ2v) is 19.3. The second kappa shape index (κ2) is 14.0. The zero-order chi connectivity index (χ0) is 45.5. The highest BCUT2D eigenvalue weighted by Gasteiger charge is 2.43. The van der Waals surface area contributed by atoms with Gasteiger partial charge in [-0.05, 0) is 123 Å². The molecule has 0 amide bonds. The minimum Gasteiger partial charge on any atom is -0.454 e. The van der Waals surface area contributed by atoms with Crippen LogP contribution in [0.2, 0.25) is 0 Å². The van der Waals surface area contributed by atoms with E-state index in [1.165, 1.54) is 49.9 Å². The maximum atomic E-state index is 6.71. The van der Waals surface area contributed by atoms with E-state index in [2.05, 4.69) is 177 Å². The summed E-state index contributed by atoms with van der Waals surface area (Å²) in [6.45, 7) is 9.55. The Hall–Kier alpha value is -8.48. The molecule has 0 saturated heterocycles. The molecular formula is C62H44N4O2. The molecule has 12 aromatic rings. The van der Waals surface area contributed by atoms with Gasteiger partial charge in [-0.3, -0.25) is 9.80 Å². The van der Waals surface area contributed by atoms with E-state index in [4.69, 9.17) is 18.8 Å². The first-order valence-corrected chi connectivity index (χ1v) is 23.4. The summed E-state index contributed by atoms with van der Waals surface area (Å²) in [6, 6.07) is 64.9. The van der Waals surface area contributed by atoms with Gasteiger partial charge in [-0.1, -0.05) is 137 Å². The van der Waals surface area contributed by atoms with Crippen LogP contribution in [-0.4, -0.2) is 9.97 Å². The highest BCUT2D eigenvalue weighted by atomic mass is 16.3. The van der Waals surface area contributed by atoms with Crippen molar-refractivity contribution in [1.82, 2.24) is 9.97 Å². The monoisotopic (exact) mass is 876 g/mol. The Morgan fingerprint density at radius 1 is 0.368 bits per heavy atom. The smallest absolute Gasteiger partial charge is 0.159 e. The van der Waals surface area contributed by atoms with Gasteiger partial charge in [-0.2, -0.15) is 0 Å². The number of pyridine rings is 2. The highest BCUT2D eigenvalue weighted by Crippen LogP contribution is 2.60. The number of nitrogens with zero attached hydrogens (tertiary/aromatic N) is 4. The molecule has 324 valence electrons. The predicted molar refractivity (Wildman–Crippen MR) is 279 cm³/mol. The van der Waals surface area contributed by atoms with Crippen molar-refractivity contribution in [3.8, 4) is 22.3 Å². The van der Waals surface area contributed by atoms with Gasteiger partial charge in [0.25, 0.3) is 0 Å². The van der Waals surface area contributed by atoms with Crippen molar-refractivity contribution in [2.75, 3.05) is 9.80 Å². The molecule has 0 unspecified atom stereocenters. The molecule has 0 atom stereocenters. The number of hydrogen-bond donors (Lipinski definition) is 0. The SMILES string of the molecule is CC1(C)c2cc(N(c3ccccn3)c3cccc4c3oc3ccccc34)ccc2-c2cc3c(cc21)C(C)(C)c1cc(N(c2ccccn2)c2cccc4c2oc2ccccc24)c2ccccc2c1-3. The molecule has 0 radical (unpaired) electrons. The summed E-state index contributed by atoms with van der Waals surface area (Å²) in [5, 5.41) is 6.72. The van der Waals surface area contributed by atoms with Crippen LogP contribution in [0.4, 0.5) is 34.4 Å². The standard InChI is InChI=1S/C62H44N4O2/c1-61(2)47-33-37(65(56-27-11-13-31-63-56)51-23-15-21-43-40-18-7-9-25-54(40)67-59(43)51)29-30-38(47)45-34-46-49(35-48(45)61)62(3,4)50-36-53(39-17-5-6-20-42(39)58(46)50)66(57-28-12-14-32-64-57)52-24-16-22-44-41-19-8-10-26-55(41)68-60(44)52/h5-36H,1-4H3. The summed E-state index contributed by atoms with van der Waals surface area (Å²) in [5.41, 5.74) is 17.2. The third-order valence-electron chi connectivity index (χ3n) is 14.9. The van der Waals surface area contributed by atoms with Crippen LogP contribution in [0.5, 0.6) is 0 Å². The molecule has 4 heterocycles. The van der Waals surface area contributed by atoms with Crippen molar-refractivity contribution >= 4 is 89.0 Å². The first-order chi connectivity index (χ1) is 33.3. The van der Waals surface area contributed by atoms with Gasteiger partial charge < -0.3 is 8.83 Å². The average Bonchev–Trinajstić information content (AvgIpc) is 4.07. The van der Waals surface area contributed by atoms with Crippen LogP contribution in [0.15, 0.2) is 203 Å². The van der Waals surface area contributed by atoms with E-state index in [1.54, 1.807) is 0 Å². The molecule has 0 spiro atoms. The van der Waals surface area contributed by atoms with Crippen molar-refractivity contribution in [3.05, 3.63) is 217 Å². The number of benzene rings is 8. The van der Waals surface area contributed by atoms with E-state index in [0.717, 1.165) is 83.6 Å². The maximum Gasteiger partial charge on any atom is 0.159 e. The number of aromatic nitrogens is 2. The summed E-state index contributed by atoms with van der Waals surface area (Å²) in [4.78, 5) is 14.5. The molecule has 0 fully saturated rings. The minimum absolute atomic E-state index is 0.296. The number of anilines is 6. The average molecular weight is 877 g/mol. The van der Waals surface area contributed by atoms with Crippen molar-refractivity contribution < 1.29 is 8.83 Å². The van der Waals surface area contributed by atoms with Crippen molar-refractivity contribution in [2.45, 2.75) is 38.5 Å². The summed E-state index contributed by atoms with van der Waals surface area (Å²) in [6.07, 6.45) is 3.73. The Morgan fingerprint density at radius 3 is 1.51 bits per heavy atom.